The van der Waals surface area contributed by atoms with Gasteiger partial charge in [0.05, 0.1) is 11.8 Å². The minimum atomic E-state index is -0.727. The maximum absolute atomic E-state index is 10.8. The van der Waals surface area contributed by atoms with E-state index >= 15 is 0 Å². The normalized spacial score (nSPS) is 13.6. The van der Waals surface area contributed by atoms with Gasteiger partial charge in [0.15, 0.2) is 0 Å². The van der Waals surface area contributed by atoms with Gasteiger partial charge in [-0.1, -0.05) is 6.92 Å². The third-order valence-corrected chi connectivity index (χ3v) is 2.65. The van der Waals surface area contributed by atoms with Crippen LogP contribution in [0.25, 0.3) is 0 Å². The zero-order valence-electron chi connectivity index (χ0n) is 11.2. The van der Waals surface area contributed by atoms with Crippen molar-refractivity contribution in [3.63, 3.8) is 0 Å². The number of nitrogens with two attached hydrogens (primary N) is 1. The number of nitrogens with one attached hydrogen (secondary N) is 2. The van der Waals surface area contributed by atoms with E-state index in [-0.39, 0.29) is 17.5 Å². The fraction of sp³-hybridized carbons (Fsp3) is 0.462. The first kappa shape index (κ1) is 15.1. The molecule has 0 bridgehead atoms. The lowest BCUT2D eigenvalue weighted by Crippen LogP contribution is -2.19. The smallest absolute Gasteiger partial charge is 0.316 e. The molecular weight excluding hydrogens is 246 g/mol. The summed E-state index contributed by atoms with van der Waals surface area (Å²) >= 11 is 0. The van der Waals surface area contributed by atoms with Gasteiger partial charge in [0.1, 0.15) is 5.75 Å². The number of aromatic hydroxyl groups is 1. The Morgan fingerprint density at radius 2 is 2.11 bits per heavy atom. The molecule has 2 atom stereocenters. The van der Waals surface area contributed by atoms with Crippen molar-refractivity contribution in [3.8, 4) is 5.75 Å². The minimum Gasteiger partial charge on any atom is -0.506 e. The van der Waals surface area contributed by atoms with Gasteiger partial charge >= 0.3 is 6.03 Å². The highest BCUT2D eigenvalue weighted by Gasteiger charge is 2.08. The zero-order chi connectivity index (χ0) is 14.4. The molecule has 0 radical (unpaired) electrons. The SMILES string of the molecule is CC(O)CC(C)CNc1ccc(O)c(NC(N)=O)c1. The Hall–Kier alpha value is -1.95. The molecule has 0 aliphatic carbocycles. The van der Waals surface area contributed by atoms with Crippen LogP contribution in [0, 0.1) is 5.92 Å². The second-order valence-corrected chi connectivity index (χ2v) is 4.79. The van der Waals surface area contributed by atoms with Crippen LogP contribution in [0.4, 0.5) is 16.2 Å². The van der Waals surface area contributed by atoms with E-state index in [1.807, 2.05) is 6.92 Å². The Labute approximate surface area is 112 Å². The van der Waals surface area contributed by atoms with Gasteiger partial charge in [-0.3, -0.25) is 0 Å². The van der Waals surface area contributed by atoms with E-state index in [1.165, 1.54) is 6.07 Å². The van der Waals surface area contributed by atoms with E-state index in [2.05, 4.69) is 10.6 Å². The quantitative estimate of drug-likeness (QED) is 0.399. The summed E-state index contributed by atoms with van der Waals surface area (Å²) in [5.74, 6) is 0.266. The number of urea groups is 1. The lowest BCUT2D eigenvalue weighted by atomic mass is 10.0. The summed E-state index contributed by atoms with van der Waals surface area (Å²) in [7, 11) is 0. The second kappa shape index (κ2) is 6.84. The molecule has 0 saturated heterocycles. The molecule has 1 aromatic rings. The first-order valence-corrected chi connectivity index (χ1v) is 6.20. The highest BCUT2D eigenvalue weighted by atomic mass is 16.3. The Bertz CT molecular complexity index is 435. The standard InChI is InChI=1S/C13H21N3O3/c1-8(5-9(2)17)7-15-10-3-4-12(18)11(6-10)16-13(14)19/h3-4,6,8-9,15,17-18H,5,7H2,1-2H3,(H3,14,16,19). The summed E-state index contributed by atoms with van der Waals surface area (Å²) in [4.78, 5) is 10.8. The molecule has 0 heterocycles. The Balaban J connectivity index is 2.61. The zero-order valence-corrected chi connectivity index (χ0v) is 11.2. The number of aliphatic hydroxyl groups is 1. The second-order valence-electron chi connectivity index (χ2n) is 4.79. The van der Waals surface area contributed by atoms with Gasteiger partial charge < -0.3 is 26.6 Å². The highest BCUT2D eigenvalue weighted by molar-refractivity contribution is 5.90. The monoisotopic (exact) mass is 267 g/mol. The maximum atomic E-state index is 10.8. The van der Waals surface area contributed by atoms with E-state index < -0.39 is 6.03 Å². The Morgan fingerprint density at radius 3 is 2.68 bits per heavy atom. The van der Waals surface area contributed by atoms with Crippen molar-refractivity contribution in [1.82, 2.24) is 0 Å². The van der Waals surface area contributed by atoms with E-state index in [0.717, 1.165) is 5.69 Å². The van der Waals surface area contributed by atoms with Gasteiger partial charge in [0.2, 0.25) is 0 Å². The van der Waals surface area contributed by atoms with Gasteiger partial charge in [-0.15, -0.1) is 0 Å². The van der Waals surface area contributed by atoms with Crippen LogP contribution in [-0.4, -0.2) is 28.9 Å². The van der Waals surface area contributed by atoms with Crippen LogP contribution in [-0.2, 0) is 0 Å². The number of carbonyl (C=O) groups is 1. The van der Waals surface area contributed by atoms with Crippen molar-refractivity contribution in [2.75, 3.05) is 17.2 Å². The van der Waals surface area contributed by atoms with Gasteiger partial charge in [-0.05, 0) is 37.5 Å². The third kappa shape index (κ3) is 5.48. The number of carbonyl (C=O) groups excluding carboxylic acids is 1. The molecule has 6 heteroatoms. The van der Waals surface area contributed by atoms with Crippen LogP contribution in [0.5, 0.6) is 5.75 Å². The number of benzene rings is 1. The van der Waals surface area contributed by atoms with Crippen LogP contribution < -0.4 is 16.4 Å². The summed E-state index contributed by atoms with van der Waals surface area (Å²) in [6.07, 6.45) is 0.376. The van der Waals surface area contributed by atoms with Crippen molar-refractivity contribution in [2.45, 2.75) is 26.4 Å². The van der Waals surface area contributed by atoms with Gasteiger partial charge in [-0.2, -0.15) is 0 Å². The first-order valence-electron chi connectivity index (χ1n) is 6.20. The molecule has 19 heavy (non-hydrogen) atoms. The maximum Gasteiger partial charge on any atom is 0.316 e. The fourth-order valence-corrected chi connectivity index (χ4v) is 1.84. The number of anilines is 2. The lowest BCUT2D eigenvalue weighted by molar-refractivity contribution is 0.166. The number of hydrogen-bond acceptors (Lipinski definition) is 4. The third-order valence-electron chi connectivity index (χ3n) is 2.65. The van der Waals surface area contributed by atoms with Crippen molar-refractivity contribution >= 4 is 17.4 Å². The number of aliphatic hydroxyl groups excluding tert-OH is 1. The summed E-state index contributed by atoms with van der Waals surface area (Å²) in [5.41, 5.74) is 6.04. The van der Waals surface area contributed by atoms with E-state index in [1.54, 1.807) is 19.1 Å². The summed E-state index contributed by atoms with van der Waals surface area (Å²) in [6.45, 7) is 4.47. The number of primary amides is 1. The molecule has 6 N–H and O–H groups in total. The molecule has 0 fully saturated rings. The number of phenolic OH excluding ortho intramolecular Hbond substituents is 1. The molecular formula is C13H21N3O3. The largest absolute Gasteiger partial charge is 0.506 e. The number of amides is 2. The fourth-order valence-electron chi connectivity index (χ4n) is 1.84. The molecule has 1 aromatic carbocycles. The molecule has 0 spiro atoms. The van der Waals surface area contributed by atoms with Crippen LogP contribution in [0.3, 0.4) is 0 Å². The van der Waals surface area contributed by atoms with Gasteiger partial charge in [-0.25, -0.2) is 4.79 Å². The average molecular weight is 267 g/mol. The van der Waals surface area contributed by atoms with Gasteiger partial charge in [0, 0.05) is 12.2 Å². The van der Waals surface area contributed by atoms with Crippen LogP contribution in [0.15, 0.2) is 18.2 Å². The number of rotatable bonds is 6. The van der Waals surface area contributed by atoms with E-state index in [4.69, 9.17) is 5.73 Å². The molecule has 2 unspecified atom stereocenters. The molecule has 1 rings (SSSR count). The number of hydrogen-bond donors (Lipinski definition) is 5. The Morgan fingerprint density at radius 1 is 1.42 bits per heavy atom. The molecule has 0 aliphatic rings. The van der Waals surface area contributed by atoms with E-state index in [9.17, 15) is 15.0 Å². The highest BCUT2D eigenvalue weighted by Crippen LogP contribution is 2.26. The van der Waals surface area contributed by atoms with Crippen LogP contribution in [0.1, 0.15) is 20.3 Å². The molecule has 106 valence electrons. The minimum absolute atomic E-state index is 0.0404. The topological polar surface area (TPSA) is 108 Å². The van der Waals surface area contributed by atoms with Crippen molar-refractivity contribution < 1.29 is 15.0 Å². The number of phenols is 1. The molecule has 0 saturated carbocycles. The van der Waals surface area contributed by atoms with Gasteiger partial charge in [0.25, 0.3) is 0 Å². The predicted molar refractivity (Wildman–Crippen MR) is 75.3 cm³/mol. The summed E-state index contributed by atoms with van der Waals surface area (Å²) in [6, 6.07) is 4.06. The molecule has 6 nitrogen and oxygen atoms in total. The molecule has 0 aromatic heterocycles. The average Bonchev–Trinajstić information content (AvgIpc) is 2.28. The van der Waals surface area contributed by atoms with Crippen molar-refractivity contribution in [1.29, 1.82) is 0 Å². The predicted octanol–water partition coefficient (Wildman–Crippen LogP) is 1.70. The lowest BCUT2D eigenvalue weighted by Gasteiger charge is -2.16. The van der Waals surface area contributed by atoms with Crippen molar-refractivity contribution in [2.24, 2.45) is 11.7 Å². The van der Waals surface area contributed by atoms with Crippen molar-refractivity contribution in [3.05, 3.63) is 18.2 Å². The van der Waals surface area contributed by atoms with Crippen LogP contribution in [0.2, 0.25) is 0 Å². The first-order chi connectivity index (χ1) is 8.88. The molecule has 2 amide bonds. The van der Waals surface area contributed by atoms with Crippen LogP contribution >= 0.6 is 0 Å². The summed E-state index contributed by atoms with van der Waals surface area (Å²) < 4.78 is 0. The van der Waals surface area contributed by atoms with E-state index in [0.29, 0.717) is 18.9 Å². The molecule has 0 aliphatic heterocycles. The summed E-state index contributed by atoms with van der Waals surface area (Å²) in [5, 5.41) is 24.3. The Kier molecular flexibility index (Phi) is 5.44.